The van der Waals surface area contributed by atoms with Gasteiger partial charge in [-0.15, -0.1) is 0 Å². The van der Waals surface area contributed by atoms with E-state index in [2.05, 4.69) is 5.32 Å². The highest BCUT2D eigenvalue weighted by Crippen LogP contribution is 2.30. The van der Waals surface area contributed by atoms with Gasteiger partial charge in [0.2, 0.25) is 0 Å². The zero-order chi connectivity index (χ0) is 18.8. The van der Waals surface area contributed by atoms with Crippen LogP contribution in [0.5, 0.6) is 5.75 Å². The highest BCUT2D eigenvalue weighted by atomic mass is 35.5. The number of para-hydroxylation sites is 1. The van der Waals surface area contributed by atoms with E-state index in [-0.39, 0.29) is 5.91 Å². The molecule has 0 spiro atoms. The van der Waals surface area contributed by atoms with Gasteiger partial charge in [-0.25, -0.2) is 0 Å². The Bertz CT molecular complexity index is 1120. The van der Waals surface area contributed by atoms with Crippen LogP contribution in [0.2, 0.25) is 5.02 Å². The van der Waals surface area contributed by atoms with Gasteiger partial charge in [-0.2, -0.15) is 0 Å². The monoisotopic (exact) mass is 379 g/mol. The van der Waals surface area contributed by atoms with Crippen molar-refractivity contribution in [3.8, 4) is 5.75 Å². The summed E-state index contributed by atoms with van der Waals surface area (Å²) in [6.45, 7) is 1.90. The van der Waals surface area contributed by atoms with Gasteiger partial charge >= 0.3 is 0 Å². The lowest BCUT2D eigenvalue weighted by molar-refractivity contribution is -0.122. The van der Waals surface area contributed by atoms with Crippen LogP contribution in [0.1, 0.15) is 13.3 Å². The lowest BCUT2D eigenvalue weighted by Crippen LogP contribution is -2.32. The van der Waals surface area contributed by atoms with Crippen molar-refractivity contribution in [2.75, 3.05) is 5.32 Å². The minimum Gasteiger partial charge on any atom is -0.481 e. The number of halogens is 1. The van der Waals surface area contributed by atoms with Crippen molar-refractivity contribution in [1.82, 2.24) is 0 Å². The second-order valence-electron chi connectivity index (χ2n) is 6.27. The number of nitrogens with one attached hydrogen (secondary N) is 1. The van der Waals surface area contributed by atoms with Gasteiger partial charge in [0.15, 0.2) is 6.10 Å². The molecule has 5 heteroatoms. The van der Waals surface area contributed by atoms with E-state index in [4.69, 9.17) is 20.8 Å². The van der Waals surface area contributed by atoms with Crippen molar-refractivity contribution in [3.05, 3.63) is 71.8 Å². The Morgan fingerprint density at radius 1 is 1.04 bits per heavy atom. The molecule has 1 unspecified atom stereocenters. The quantitative estimate of drug-likeness (QED) is 0.460. The van der Waals surface area contributed by atoms with Gasteiger partial charge in [0, 0.05) is 27.5 Å². The molecule has 0 saturated heterocycles. The summed E-state index contributed by atoms with van der Waals surface area (Å²) in [7, 11) is 0. The van der Waals surface area contributed by atoms with Crippen LogP contribution in [0.3, 0.4) is 0 Å². The van der Waals surface area contributed by atoms with Gasteiger partial charge in [0.1, 0.15) is 16.9 Å². The maximum absolute atomic E-state index is 12.6. The normalized spacial score (nSPS) is 12.2. The molecule has 0 aliphatic rings. The van der Waals surface area contributed by atoms with Crippen LogP contribution in [-0.4, -0.2) is 12.0 Å². The first-order valence-electron chi connectivity index (χ1n) is 8.78. The lowest BCUT2D eigenvalue weighted by Gasteiger charge is -2.17. The Morgan fingerprint density at radius 3 is 2.67 bits per heavy atom. The van der Waals surface area contributed by atoms with Gasteiger partial charge in [-0.1, -0.05) is 42.8 Å². The number of fused-ring (bicyclic) bond motifs is 3. The van der Waals surface area contributed by atoms with Crippen molar-refractivity contribution in [3.63, 3.8) is 0 Å². The predicted molar refractivity (Wildman–Crippen MR) is 109 cm³/mol. The van der Waals surface area contributed by atoms with Crippen molar-refractivity contribution in [2.45, 2.75) is 19.4 Å². The molecule has 0 radical (unpaired) electrons. The molecule has 1 aromatic heterocycles. The van der Waals surface area contributed by atoms with E-state index in [0.29, 0.717) is 22.9 Å². The number of anilines is 1. The highest BCUT2D eigenvalue weighted by molar-refractivity contribution is 6.30. The predicted octanol–water partition coefficient (Wildman–Crippen LogP) is 6.04. The summed E-state index contributed by atoms with van der Waals surface area (Å²) < 4.78 is 11.7. The minimum atomic E-state index is -0.616. The Kier molecular flexibility index (Phi) is 4.73. The lowest BCUT2D eigenvalue weighted by atomic mass is 10.1. The third-order valence-corrected chi connectivity index (χ3v) is 4.62. The molecule has 0 aliphatic heterocycles. The van der Waals surface area contributed by atoms with Crippen LogP contribution in [-0.2, 0) is 4.79 Å². The molecule has 0 aliphatic carbocycles. The smallest absolute Gasteiger partial charge is 0.265 e. The molecule has 1 heterocycles. The summed E-state index contributed by atoms with van der Waals surface area (Å²) in [4.78, 5) is 12.6. The second-order valence-corrected chi connectivity index (χ2v) is 6.71. The number of benzene rings is 3. The highest BCUT2D eigenvalue weighted by Gasteiger charge is 2.19. The van der Waals surface area contributed by atoms with E-state index in [9.17, 15) is 4.79 Å². The summed E-state index contributed by atoms with van der Waals surface area (Å²) in [5, 5.41) is 5.55. The Labute approximate surface area is 161 Å². The molecule has 0 saturated carbocycles. The molecule has 0 fully saturated rings. The number of carbonyl (C=O) groups is 1. The van der Waals surface area contributed by atoms with Gasteiger partial charge in [0.25, 0.3) is 5.91 Å². The molecule has 27 heavy (non-hydrogen) atoms. The maximum atomic E-state index is 12.6. The first-order chi connectivity index (χ1) is 13.1. The van der Waals surface area contributed by atoms with Gasteiger partial charge in [0.05, 0.1) is 0 Å². The summed E-state index contributed by atoms with van der Waals surface area (Å²) in [5.74, 6) is 0.352. The van der Waals surface area contributed by atoms with Crippen LogP contribution < -0.4 is 10.1 Å². The molecule has 1 amide bonds. The van der Waals surface area contributed by atoms with Crippen LogP contribution in [0.15, 0.2) is 71.1 Å². The first kappa shape index (κ1) is 17.4. The number of rotatable bonds is 5. The fourth-order valence-electron chi connectivity index (χ4n) is 3.05. The average molecular weight is 380 g/mol. The fourth-order valence-corrected chi connectivity index (χ4v) is 3.23. The molecule has 4 rings (SSSR count). The van der Waals surface area contributed by atoms with E-state index in [1.807, 2.05) is 49.4 Å². The molecule has 4 nitrogen and oxygen atoms in total. The first-order valence-corrected chi connectivity index (χ1v) is 9.16. The van der Waals surface area contributed by atoms with Gasteiger partial charge in [-0.05, 0) is 42.8 Å². The van der Waals surface area contributed by atoms with Crippen molar-refractivity contribution in [1.29, 1.82) is 0 Å². The molecule has 1 N–H and O–H groups in total. The molecule has 136 valence electrons. The van der Waals surface area contributed by atoms with E-state index in [1.54, 1.807) is 24.3 Å². The zero-order valence-electron chi connectivity index (χ0n) is 14.7. The summed E-state index contributed by atoms with van der Waals surface area (Å²) in [6.07, 6.45) is -0.0829. The third kappa shape index (κ3) is 3.62. The molecule has 1 atom stereocenters. The van der Waals surface area contributed by atoms with Crippen molar-refractivity contribution < 1.29 is 13.9 Å². The van der Waals surface area contributed by atoms with Gasteiger partial charge < -0.3 is 14.5 Å². The molecular formula is C22H18ClNO3. The van der Waals surface area contributed by atoms with Crippen molar-refractivity contribution in [2.24, 2.45) is 0 Å². The standard InChI is InChI=1S/C22H18ClNO3/c1-2-19(26-16-7-5-6-14(23)12-16)22(25)24-15-10-11-18-17-8-3-4-9-20(17)27-21(18)13-15/h3-13,19H,2H2,1H3,(H,24,25). The summed E-state index contributed by atoms with van der Waals surface area (Å²) >= 11 is 5.98. The van der Waals surface area contributed by atoms with E-state index >= 15 is 0 Å². The van der Waals surface area contributed by atoms with Crippen LogP contribution in [0.4, 0.5) is 5.69 Å². The number of furan rings is 1. The number of ether oxygens (including phenoxy) is 1. The molecular weight excluding hydrogens is 362 g/mol. The zero-order valence-corrected chi connectivity index (χ0v) is 15.5. The average Bonchev–Trinajstić information content (AvgIpc) is 3.03. The summed E-state index contributed by atoms with van der Waals surface area (Å²) in [5.41, 5.74) is 2.23. The fraction of sp³-hybridized carbons (Fsp3) is 0.136. The second kappa shape index (κ2) is 7.33. The third-order valence-electron chi connectivity index (χ3n) is 4.38. The Balaban J connectivity index is 1.54. The SMILES string of the molecule is CCC(Oc1cccc(Cl)c1)C(=O)Nc1ccc2c(c1)oc1ccccc12. The maximum Gasteiger partial charge on any atom is 0.265 e. The minimum absolute atomic E-state index is 0.215. The van der Waals surface area contributed by atoms with E-state index < -0.39 is 6.10 Å². The van der Waals surface area contributed by atoms with Crippen LogP contribution >= 0.6 is 11.6 Å². The van der Waals surface area contributed by atoms with E-state index in [1.165, 1.54) is 0 Å². The van der Waals surface area contributed by atoms with Gasteiger partial charge in [-0.3, -0.25) is 4.79 Å². The van der Waals surface area contributed by atoms with Crippen LogP contribution in [0, 0.1) is 0 Å². The topological polar surface area (TPSA) is 51.5 Å². The number of hydrogen-bond donors (Lipinski definition) is 1. The molecule has 3 aromatic carbocycles. The Morgan fingerprint density at radius 2 is 1.85 bits per heavy atom. The van der Waals surface area contributed by atoms with Crippen molar-refractivity contribution >= 4 is 45.1 Å². The van der Waals surface area contributed by atoms with Crippen LogP contribution in [0.25, 0.3) is 21.9 Å². The number of amides is 1. The molecule has 4 aromatic rings. The number of carbonyl (C=O) groups excluding carboxylic acids is 1. The largest absolute Gasteiger partial charge is 0.481 e. The molecule has 0 bridgehead atoms. The Hall–Kier alpha value is -2.98. The summed E-state index contributed by atoms with van der Waals surface area (Å²) in [6, 6.07) is 20.5. The van der Waals surface area contributed by atoms with E-state index in [0.717, 1.165) is 21.9 Å². The number of hydrogen-bond acceptors (Lipinski definition) is 3.